The average Bonchev–Trinajstić information content (AvgIpc) is 3.44. The normalized spacial score (nSPS) is 53.0. The summed E-state index contributed by atoms with van der Waals surface area (Å²) in [7, 11) is 0. The summed E-state index contributed by atoms with van der Waals surface area (Å²) >= 11 is 0. The second-order valence-corrected chi connectivity index (χ2v) is 13.3. The molecule has 32 heavy (non-hydrogen) atoms. The zero-order valence-electron chi connectivity index (χ0n) is 21.1. The summed E-state index contributed by atoms with van der Waals surface area (Å²) in [6.45, 7) is 13.5. The van der Waals surface area contributed by atoms with Crippen LogP contribution in [0.4, 0.5) is 0 Å². The third kappa shape index (κ3) is 3.22. The molecule has 3 saturated carbocycles. The van der Waals surface area contributed by atoms with Crippen LogP contribution >= 0.6 is 0 Å². The van der Waals surface area contributed by atoms with Crippen molar-refractivity contribution in [2.45, 2.75) is 117 Å². The lowest BCUT2D eigenvalue weighted by Crippen LogP contribution is -2.55. The number of ether oxygens (including phenoxy) is 1. The van der Waals surface area contributed by atoms with E-state index in [0.717, 1.165) is 44.9 Å². The van der Waals surface area contributed by atoms with E-state index in [9.17, 15) is 15.3 Å². The van der Waals surface area contributed by atoms with E-state index >= 15 is 0 Å². The second-order valence-electron chi connectivity index (χ2n) is 13.3. The Hall–Kier alpha value is -0.420. The van der Waals surface area contributed by atoms with Crippen LogP contribution in [0.25, 0.3) is 0 Å². The third-order valence-corrected chi connectivity index (χ3v) is 11.4. The molecule has 12 atom stereocenters. The molecule has 0 radical (unpaired) electrons. The fourth-order valence-electron chi connectivity index (χ4n) is 9.08. The van der Waals surface area contributed by atoms with Crippen molar-refractivity contribution in [3.8, 4) is 0 Å². The van der Waals surface area contributed by atoms with Crippen molar-refractivity contribution < 1.29 is 20.1 Å². The molecule has 0 aromatic heterocycles. The van der Waals surface area contributed by atoms with Gasteiger partial charge in [-0.1, -0.05) is 46.3 Å². The van der Waals surface area contributed by atoms with Gasteiger partial charge in [-0.25, -0.2) is 0 Å². The molecule has 0 bridgehead atoms. The van der Waals surface area contributed by atoms with Crippen LogP contribution in [0, 0.1) is 46.3 Å². The van der Waals surface area contributed by atoms with E-state index in [0.29, 0.717) is 23.7 Å². The lowest BCUT2D eigenvalue weighted by molar-refractivity contribution is -0.102. The van der Waals surface area contributed by atoms with Crippen LogP contribution in [-0.2, 0) is 4.74 Å². The van der Waals surface area contributed by atoms with Gasteiger partial charge in [0.25, 0.3) is 0 Å². The van der Waals surface area contributed by atoms with E-state index in [1.54, 1.807) is 5.57 Å². The molecular weight excluding hydrogens is 400 g/mol. The van der Waals surface area contributed by atoms with E-state index in [-0.39, 0.29) is 47.1 Å². The molecule has 1 aliphatic heterocycles. The molecule has 0 aromatic rings. The van der Waals surface area contributed by atoms with Gasteiger partial charge in [0.1, 0.15) is 6.10 Å². The highest BCUT2D eigenvalue weighted by atomic mass is 16.6. The minimum Gasteiger partial charge on any atom is -0.393 e. The van der Waals surface area contributed by atoms with Gasteiger partial charge in [0.05, 0.1) is 23.9 Å². The minimum atomic E-state index is -0.808. The molecule has 5 aliphatic rings. The van der Waals surface area contributed by atoms with Crippen molar-refractivity contribution in [3.05, 3.63) is 11.6 Å². The minimum absolute atomic E-state index is 0.0148. The first-order valence-corrected chi connectivity index (χ1v) is 13.4. The van der Waals surface area contributed by atoms with Crippen LogP contribution in [0.1, 0.15) is 86.5 Å². The molecule has 3 N–H and O–H groups in total. The van der Waals surface area contributed by atoms with Gasteiger partial charge < -0.3 is 20.1 Å². The Balaban J connectivity index is 1.41. The van der Waals surface area contributed by atoms with Crippen LogP contribution in [0.2, 0.25) is 0 Å². The molecule has 1 saturated heterocycles. The molecule has 4 nitrogen and oxygen atoms in total. The molecule has 0 aromatic carbocycles. The Morgan fingerprint density at radius 3 is 2.47 bits per heavy atom. The zero-order chi connectivity index (χ0) is 23.2. The summed E-state index contributed by atoms with van der Waals surface area (Å²) in [5.41, 5.74) is 0.821. The maximum absolute atomic E-state index is 11.9. The monoisotopic (exact) mass is 446 g/mol. The summed E-state index contributed by atoms with van der Waals surface area (Å²) < 4.78 is 6.13. The summed E-state index contributed by atoms with van der Waals surface area (Å²) in [4.78, 5) is 0. The Morgan fingerprint density at radius 1 is 1.06 bits per heavy atom. The lowest BCUT2D eigenvalue weighted by atomic mass is 9.47. The predicted molar refractivity (Wildman–Crippen MR) is 126 cm³/mol. The fourth-order valence-corrected chi connectivity index (χ4v) is 9.08. The third-order valence-electron chi connectivity index (χ3n) is 11.4. The van der Waals surface area contributed by atoms with E-state index in [1.807, 2.05) is 6.92 Å². The number of aliphatic hydroxyl groups excluding tert-OH is 2. The van der Waals surface area contributed by atoms with Gasteiger partial charge in [-0.2, -0.15) is 0 Å². The maximum Gasteiger partial charge on any atom is 0.113 e. The van der Waals surface area contributed by atoms with Crippen molar-refractivity contribution in [3.63, 3.8) is 0 Å². The summed E-state index contributed by atoms with van der Waals surface area (Å²) in [6.07, 6.45) is 8.60. The van der Waals surface area contributed by atoms with Crippen LogP contribution in [0.5, 0.6) is 0 Å². The van der Waals surface area contributed by atoms with Crippen LogP contribution < -0.4 is 0 Å². The molecule has 12 unspecified atom stereocenters. The highest BCUT2D eigenvalue weighted by molar-refractivity contribution is 5.31. The molecule has 4 fully saturated rings. The number of aliphatic hydroxyl groups is 3. The fraction of sp³-hybridized carbons (Fsp3) is 0.929. The molecule has 4 aliphatic carbocycles. The number of hydrogen-bond donors (Lipinski definition) is 3. The Morgan fingerprint density at radius 2 is 1.78 bits per heavy atom. The van der Waals surface area contributed by atoms with Crippen molar-refractivity contribution in [1.29, 1.82) is 0 Å². The maximum atomic E-state index is 11.9. The van der Waals surface area contributed by atoms with Gasteiger partial charge in [-0.15, -0.1) is 0 Å². The largest absolute Gasteiger partial charge is 0.393 e. The lowest BCUT2D eigenvalue weighted by Gasteiger charge is -2.58. The molecule has 1 heterocycles. The van der Waals surface area contributed by atoms with Gasteiger partial charge in [0, 0.05) is 0 Å². The van der Waals surface area contributed by atoms with Crippen LogP contribution in [0.3, 0.4) is 0 Å². The molecule has 5 rings (SSSR count). The average molecular weight is 447 g/mol. The Kier molecular flexibility index (Phi) is 5.49. The Bertz CT molecular complexity index is 773. The highest BCUT2D eigenvalue weighted by Crippen LogP contribution is 2.67. The summed E-state index contributed by atoms with van der Waals surface area (Å²) in [5, 5.41) is 33.3. The number of hydrogen-bond acceptors (Lipinski definition) is 4. The number of allylic oxidation sites excluding steroid dienone is 2. The van der Waals surface area contributed by atoms with E-state index < -0.39 is 5.60 Å². The zero-order valence-corrected chi connectivity index (χ0v) is 21.1. The molecule has 182 valence electrons. The van der Waals surface area contributed by atoms with Crippen molar-refractivity contribution in [1.82, 2.24) is 0 Å². The van der Waals surface area contributed by atoms with E-state index in [2.05, 4.69) is 40.7 Å². The first-order chi connectivity index (χ1) is 14.9. The van der Waals surface area contributed by atoms with Gasteiger partial charge in [0.15, 0.2) is 0 Å². The van der Waals surface area contributed by atoms with Gasteiger partial charge in [-0.05, 0) is 98.2 Å². The van der Waals surface area contributed by atoms with Crippen LogP contribution in [0.15, 0.2) is 11.6 Å². The molecule has 0 spiro atoms. The smallest absolute Gasteiger partial charge is 0.113 e. The van der Waals surface area contributed by atoms with Crippen LogP contribution in [-0.4, -0.2) is 45.3 Å². The number of fused-ring (bicyclic) bond motifs is 5. The standard InChI is InChI=1S/C28H46O4/c1-15(2)16(3)24-25(32-24)28(6,31)23-8-7-19-18-14-22(30)21-13-17(29)9-11-26(21,4)20(18)10-12-27(19,23)5/h10,15-19,21-25,29-31H,7-9,11-14H2,1-6H3. The first kappa shape index (κ1) is 23.3. The molecular formula is C28H46O4. The first-order valence-electron chi connectivity index (χ1n) is 13.4. The van der Waals surface area contributed by atoms with E-state index in [4.69, 9.17) is 4.74 Å². The SMILES string of the molecule is CC(C)C(C)C1OC1C(C)(O)C1CCC2C3CC(O)C4CC(O)CCC4(C)C3=CCC21C. The van der Waals surface area contributed by atoms with Gasteiger partial charge in [-0.3, -0.25) is 0 Å². The predicted octanol–water partition coefficient (Wildman–Crippen LogP) is 4.71. The number of rotatable bonds is 4. The summed E-state index contributed by atoms with van der Waals surface area (Å²) in [6, 6.07) is 0. The van der Waals surface area contributed by atoms with Gasteiger partial charge in [0.2, 0.25) is 0 Å². The Labute approximate surface area is 194 Å². The molecule has 0 amide bonds. The van der Waals surface area contributed by atoms with Crippen molar-refractivity contribution in [2.75, 3.05) is 0 Å². The molecule has 4 heteroatoms. The quantitative estimate of drug-likeness (QED) is 0.432. The van der Waals surface area contributed by atoms with Crippen molar-refractivity contribution in [2.24, 2.45) is 46.3 Å². The van der Waals surface area contributed by atoms with Gasteiger partial charge >= 0.3 is 0 Å². The van der Waals surface area contributed by atoms with Crippen molar-refractivity contribution >= 4 is 0 Å². The highest BCUT2D eigenvalue weighted by Gasteiger charge is 2.66. The topological polar surface area (TPSA) is 73.2 Å². The van der Waals surface area contributed by atoms with E-state index in [1.165, 1.54) is 0 Å². The number of epoxide rings is 1. The summed E-state index contributed by atoms with van der Waals surface area (Å²) in [5.74, 6) is 2.34. The second kappa shape index (κ2) is 7.54.